The molecule has 0 spiro atoms. The highest BCUT2D eigenvalue weighted by Crippen LogP contribution is 2.29. The number of thiazole rings is 1. The van der Waals surface area contributed by atoms with Crippen LogP contribution in [0.25, 0.3) is 11.3 Å². The molecule has 0 radical (unpaired) electrons. The molecule has 4 N–H and O–H groups in total. The molecule has 0 amide bonds. The van der Waals surface area contributed by atoms with Crippen LogP contribution < -0.4 is 11.5 Å². The molecule has 1 aromatic carbocycles. The van der Waals surface area contributed by atoms with Crippen LogP contribution in [-0.4, -0.2) is 10.9 Å². The SMILES string of the molecule is CC(C)(C)c1ccc(-c2csc(N=C(N)N)n2)cc1. The van der Waals surface area contributed by atoms with E-state index < -0.39 is 0 Å². The van der Waals surface area contributed by atoms with Gasteiger partial charge in [0.2, 0.25) is 5.13 Å². The highest BCUT2D eigenvalue weighted by atomic mass is 32.1. The summed E-state index contributed by atoms with van der Waals surface area (Å²) in [4.78, 5) is 8.33. The number of benzene rings is 1. The molecule has 2 rings (SSSR count). The summed E-state index contributed by atoms with van der Waals surface area (Å²) in [5, 5.41) is 2.53. The van der Waals surface area contributed by atoms with E-state index in [2.05, 4.69) is 55.0 Å². The van der Waals surface area contributed by atoms with Crippen LogP contribution in [0.1, 0.15) is 26.3 Å². The van der Waals surface area contributed by atoms with Crippen molar-refractivity contribution in [1.82, 2.24) is 4.98 Å². The molecule has 5 heteroatoms. The van der Waals surface area contributed by atoms with Crippen molar-refractivity contribution in [2.75, 3.05) is 0 Å². The van der Waals surface area contributed by atoms with Crippen molar-refractivity contribution in [2.45, 2.75) is 26.2 Å². The number of aliphatic imine (C=N–C) groups is 1. The van der Waals surface area contributed by atoms with Gasteiger partial charge in [-0.3, -0.25) is 0 Å². The Hall–Kier alpha value is -1.88. The van der Waals surface area contributed by atoms with Gasteiger partial charge in [0.1, 0.15) is 0 Å². The van der Waals surface area contributed by atoms with E-state index in [9.17, 15) is 0 Å². The first kappa shape index (κ1) is 13.5. The first-order chi connectivity index (χ1) is 8.86. The molecule has 19 heavy (non-hydrogen) atoms. The fourth-order valence-electron chi connectivity index (χ4n) is 1.70. The first-order valence-electron chi connectivity index (χ1n) is 6.02. The summed E-state index contributed by atoms with van der Waals surface area (Å²) in [5.41, 5.74) is 14.1. The molecule has 0 fully saturated rings. The Morgan fingerprint density at radius 3 is 2.32 bits per heavy atom. The lowest BCUT2D eigenvalue weighted by Crippen LogP contribution is -2.21. The lowest BCUT2D eigenvalue weighted by molar-refractivity contribution is 0.590. The van der Waals surface area contributed by atoms with Gasteiger partial charge in [-0.1, -0.05) is 45.0 Å². The molecule has 0 unspecified atom stereocenters. The molecule has 1 heterocycles. The topological polar surface area (TPSA) is 77.3 Å². The molecule has 1 aromatic heterocycles. The molecule has 0 aliphatic rings. The van der Waals surface area contributed by atoms with Gasteiger partial charge < -0.3 is 11.5 Å². The van der Waals surface area contributed by atoms with Crippen LogP contribution in [-0.2, 0) is 5.41 Å². The summed E-state index contributed by atoms with van der Waals surface area (Å²) >= 11 is 1.42. The van der Waals surface area contributed by atoms with Crippen molar-refractivity contribution in [2.24, 2.45) is 16.5 Å². The van der Waals surface area contributed by atoms with Gasteiger partial charge in [-0.05, 0) is 11.0 Å². The fraction of sp³-hybridized carbons (Fsp3) is 0.286. The number of hydrogen-bond donors (Lipinski definition) is 2. The Morgan fingerprint density at radius 2 is 1.79 bits per heavy atom. The van der Waals surface area contributed by atoms with Gasteiger partial charge in [0.15, 0.2) is 5.96 Å². The van der Waals surface area contributed by atoms with Crippen molar-refractivity contribution < 1.29 is 0 Å². The zero-order valence-electron chi connectivity index (χ0n) is 11.3. The van der Waals surface area contributed by atoms with Crippen LogP contribution in [0.2, 0.25) is 0 Å². The van der Waals surface area contributed by atoms with Crippen molar-refractivity contribution in [3.63, 3.8) is 0 Å². The maximum absolute atomic E-state index is 5.33. The second-order valence-electron chi connectivity index (χ2n) is 5.38. The van der Waals surface area contributed by atoms with Gasteiger partial charge >= 0.3 is 0 Å². The third kappa shape index (κ3) is 3.32. The average Bonchev–Trinajstić information content (AvgIpc) is 2.75. The summed E-state index contributed by atoms with van der Waals surface area (Å²) in [7, 11) is 0. The minimum atomic E-state index is 0.0315. The third-order valence-electron chi connectivity index (χ3n) is 2.76. The van der Waals surface area contributed by atoms with Gasteiger partial charge in [0, 0.05) is 10.9 Å². The molecule has 0 saturated heterocycles. The van der Waals surface area contributed by atoms with Crippen molar-refractivity contribution in [3.05, 3.63) is 35.2 Å². The molecule has 0 bridgehead atoms. The standard InChI is InChI=1S/C14H18N4S/c1-14(2,3)10-6-4-9(5-7-10)11-8-19-13(17-11)18-12(15)16/h4-8H,1-3H3,(H4,15,16,17,18). The van der Waals surface area contributed by atoms with E-state index in [1.54, 1.807) is 0 Å². The smallest absolute Gasteiger partial charge is 0.212 e. The molecule has 0 aliphatic carbocycles. The number of nitrogens with zero attached hydrogens (tertiary/aromatic N) is 2. The average molecular weight is 274 g/mol. The van der Waals surface area contributed by atoms with E-state index in [0.717, 1.165) is 11.3 Å². The summed E-state index contributed by atoms with van der Waals surface area (Å²) in [6, 6.07) is 8.42. The first-order valence-corrected chi connectivity index (χ1v) is 6.90. The highest BCUT2D eigenvalue weighted by Gasteiger charge is 2.13. The largest absolute Gasteiger partial charge is 0.370 e. The minimum absolute atomic E-state index is 0.0315. The van der Waals surface area contributed by atoms with Gasteiger partial charge in [-0.25, -0.2) is 4.98 Å². The number of aromatic nitrogens is 1. The number of hydrogen-bond acceptors (Lipinski definition) is 3. The Balaban J connectivity index is 2.28. The van der Waals surface area contributed by atoms with E-state index in [1.807, 2.05) is 5.38 Å². The zero-order chi connectivity index (χ0) is 14.0. The van der Waals surface area contributed by atoms with Crippen molar-refractivity contribution in [1.29, 1.82) is 0 Å². The molecule has 4 nitrogen and oxygen atoms in total. The molecule has 100 valence electrons. The summed E-state index contributed by atoms with van der Waals surface area (Å²) in [5.74, 6) is 0.0315. The van der Waals surface area contributed by atoms with E-state index in [0.29, 0.717) is 5.13 Å². The number of rotatable bonds is 2. The maximum atomic E-state index is 5.33. The van der Waals surface area contributed by atoms with Crippen LogP contribution in [0.4, 0.5) is 5.13 Å². The molecular formula is C14H18N4S. The van der Waals surface area contributed by atoms with Gasteiger partial charge in [0.25, 0.3) is 0 Å². The monoisotopic (exact) mass is 274 g/mol. The van der Waals surface area contributed by atoms with Crippen LogP contribution in [0.15, 0.2) is 34.6 Å². The molecule has 2 aromatic rings. The second-order valence-corrected chi connectivity index (χ2v) is 6.22. The summed E-state index contributed by atoms with van der Waals surface area (Å²) < 4.78 is 0. The van der Waals surface area contributed by atoms with E-state index in [4.69, 9.17) is 11.5 Å². The number of guanidine groups is 1. The molecular weight excluding hydrogens is 256 g/mol. The third-order valence-corrected chi connectivity index (χ3v) is 3.50. The lowest BCUT2D eigenvalue weighted by Gasteiger charge is -2.18. The number of nitrogens with two attached hydrogens (primary N) is 2. The molecule has 0 saturated carbocycles. The van der Waals surface area contributed by atoms with Crippen LogP contribution in [0, 0.1) is 0 Å². The lowest BCUT2D eigenvalue weighted by atomic mass is 9.86. The van der Waals surface area contributed by atoms with Crippen LogP contribution in [0.5, 0.6) is 0 Å². The Morgan fingerprint density at radius 1 is 1.16 bits per heavy atom. The summed E-state index contributed by atoms with van der Waals surface area (Å²) in [6.07, 6.45) is 0. The quantitative estimate of drug-likeness (QED) is 0.652. The Labute approximate surface area is 117 Å². The van der Waals surface area contributed by atoms with Crippen molar-refractivity contribution in [3.8, 4) is 11.3 Å². The Kier molecular flexibility index (Phi) is 3.57. The van der Waals surface area contributed by atoms with E-state index in [-0.39, 0.29) is 11.4 Å². The van der Waals surface area contributed by atoms with Gasteiger partial charge in [-0.2, -0.15) is 4.99 Å². The van der Waals surface area contributed by atoms with E-state index in [1.165, 1.54) is 16.9 Å². The predicted octanol–water partition coefficient (Wildman–Crippen LogP) is 3.01. The highest BCUT2D eigenvalue weighted by molar-refractivity contribution is 7.13. The predicted molar refractivity (Wildman–Crippen MR) is 81.7 cm³/mol. The van der Waals surface area contributed by atoms with Crippen molar-refractivity contribution >= 4 is 22.4 Å². The van der Waals surface area contributed by atoms with Crippen LogP contribution >= 0.6 is 11.3 Å². The Bertz CT molecular complexity index is 587. The van der Waals surface area contributed by atoms with Gasteiger partial charge in [-0.15, -0.1) is 11.3 Å². The van der Waals surface area contributed by atoms with Crippen LogP contribution in [0.3, 0.4) is 0 Å². The van der Waals surface area contributed by atoms with Gasteiger partial charge in [0.05, 0.1) is 5.69 Å². The second kappa shape index (κ2) is 5.01. The zero-order valence-corrected chi connectivity index (χ0v) is 12.2. The fourth-order valence-corrected chi connectivity index (χ4v) is 2.41. The normalized spacial score (nSPS) is 11.3. The molecule has 0 aliphatic heterocycles. The van der Waals surface area contributed by atoms with E-state index >= 15 is 0 Å². The minimum Gasteiger partial charge on any atom is -0.370 e. The summed E-state index contributed by atoms with van der Waals surface area (Å²) in [6.45, 7) is 6.59. The molecule has 0 atom stereocenters. The maximum Gasteiger partial charge on any atom is 0.212 e.